The molecule has 0 unspecified atom stereocenters. The normalized spacial score (nSPS) is 17.0. The van der Waals surface area contributed by atoms with Crippen LogP contribution < -0.4 is 9.64 Å². The molecule has 7 nitrogen and oxygen atoms in total. The third kappa shape index (κ3) is 4.81. The molecule has 0 N–H and O–H groups in total. The Labute approximate surface area is 216 Å². The van der Waals surface area contributed by atoms with Crippen molar-refractivity contribution in [1.29, 1.82) is 0 Å². The van der Waals surface area contributed by atoms with Crippen molar-refractivity contribution >= 4 is 28.9 Å². The Hall–Kier alpha value is -4.13. The number of carbonyl (C=O) groups excluding carboxylic acids is 2. The highest BCUT2D eigenvalue weighted by molar-refractivity contribution is 6.08. The number of ether oxygens (including phenoxy) is 2. The van der Waals surface area contributed by atoms with E-state index in [1.54, 1.807) is 11.8 Å². The number of rotatable bonds is 9. The lowest BCUT2D eigenvalue weighted by Crippen LogP contribution is -2.50. The predicted octanol–water partition coefficient (Wildman–Crippen LogP) is 5.53. The molecule has 1 aliphatic rings. The van der Waals surface area contributed by atoms with Crippen molar-refractivity contribution < 1.29 is 19.1 Å². The molecule has 5 rings (SSSR count). The van der Waals surface area contributed by atoms with E-state index >= 15 is 0 Å². The Balaban J connectivity index is 1.56. The van der Waals surface area contributed by atoms with Gasteiger partial charge in [0.2, 0.25) is 11.9 Å². The summed E-state index contributed by atoms with van der Waals surface area (Å²) in [6.45, 7) is 4.98. The maximum Gasteiger partial charge on any atom is 0.321 e. The van der Waals surface area contributed by atoms with Gasteiger partial charge in [0.05, 0.1) is 23.7 Å². The van der Waals surface area contributed by atoms with Crippen LogP contribution in [0.5, 0.6) is 5.75 Å². The average Bonchev–Trinajstić information content (AvgIpc) is 3.31. The number of hydrogen-bond acceptors (Lipinski definition) is 5. The van der Waals surface area contributed by atoms with Gasteiger partial charge < -0.3 is 14.0 Å². The van der Waals surface area contributed by atoms with Gasteiger partial charge in [0.15, 0.2) is 5.92 Å². The minimum absolute atomic E-state index is 0.202. The molecule has 0 saturated heterocycles. The zero-order chi connectivity index (χ0) is 25.8. The number of aromatic nitrogens is 2. The summed E-state index contributed by atoms with van der Waals surface area (Å²) in [5, 5.41) is 0. The van der Waals surface area contributed by atoms with Crippen molar-refractivity contribution in [3.05, 3.63) is 90.0 Å². The van der Waals surface area contributed by atoms with Gasteiger partial charge in [-0.2, -0.15) is 0 Å². The number of benzene rings is 3. The number of para-hydroxylation sites is 2. The van der Waals surface area contributed by atoms with Crippen molar-refractivity contribution in [2.45, 2.75) is 39.3 Å². The molecule has 190 valence electrons. The van der Waals surface area contributed by atoms with Gasteiger partial charge in [0, 0.05) is 6.54 Å². The van der Waals surface area contributed by atoms with E-state index in [4.69, 9.17) is 14.5 Å². The van der Waals surface area contributed by atoms with Crippen LogP contribution in [-0.2, 0) is 20.9 Å². The topological polar surface area (TPSA) is 73.7 Å². The largest absolute Gasteiger partial charge is 0.489 e. The van der Waals surface area contributed by atoms with Gasteiger partial charge in [-0.1, -0.05) is 67.9 Å². The van der Waals surface area contributed by atoms with Crippen LogP contribution in [-0.4, -0.2) is 34.6 Å². The Bertz CT molecular complexity index is 1380. The van der Waals surface area contributed by atoms with Gasteiger partial charge in [-0.05, 0) is 48.7 Å². The van der Waals surface area contributed by atoms with Crippen LogP contribution in [0.2, 0.25) is 0 Å². The molecule has 1 aliphatic heterocycles. The van der Waals surface area contributed by atoms with E-state index in [9.17, 15) is 9.59 Å². The minimum Gasteiger partial charge on any atom is -0.489 e. The van der Waals surface area contributed by atoms with Crippen molar-refractivity contribution in [2.24, 2.45) is 5.92 Å². The second-order valence-electron chi connectivity index (χ2n) is 9.13. The summed E-state index contributed by atoms with van der Waals surface area (Å²) >= 11 is 0. The quantitative estimate of drug-likeness (QED) is 0.225. The van der Waals surface area contributed by atoms with E-state index in [2.05, 4.69) is 6.92 Å². The molecule has 3 aromatic carbocycles. The van der Waals surface area contributed by atoms with Crippen molar-refractivity contribution in [1.82, 2.24) is 9.55 Å². The molecule has 2 atom stereocenters. The van der Waals surface area contributed by atoms with E-state index in [0.717, 1.165) is 35.0 Å². The highest BCUT2D eigenvalue weighted by atomic mass is 16.5. The molecule has 7 heteroatoms. The highest BCUT2D eigenvalue weighted by Gasteiger charge is 2.47. The first kappa shape index (κ1) is 24.6. The number of hydrogen-bond donors (Lipinski definition) is 0. The van der Waals surface area contributed by atoms with E-state index in [0.29, 0.717) is 24.8 Å². The van der Waals surface area contributed by atoms with Gasteiger partial charge in [-0.15, -0.1) is 0 Å². The monoisotopic (exact) mass is 497 g/mol. The molecule has 2 heterocycles. The molecule has 0 saturated carbocycles. The fourth-order valence-corrected chi connectivity index (χ4v) is 4.88. The van der Waals surface area contributed by atoms with E-state index in [1.165, 1.54) is 0 Å². The van der Waals surface area contributed by atoms with Crippen LogP contribution in [0.25, 0.3) is 11.0 Å². The molecule has 1 aromatic heterocycles. The second kappa shape index (κ2) is 10.9. The summed E-state index contributed by atoms with van der Waals surface area (Å²) in [6, 6.07) is 24.8. The molecule has 0 aliphatic carbocycles. The maximum absolute atomic E-state index is 13.8. The molecule has 0 bridgehead atoms. The van der Waals surface area contributed by atoms with Gasteiger partial charge in [-0.25, -0.2) is 4.98 Å². The van der Waals surface area contributed by atoms with Crippen LogP contribution in [0.4, 0.5) is 5.95 Å². The molecular formula is C30H31N3O4. The SMILES string of the molecule is CCCCN1C(=O)[C@@H](C(=O)OCC)[C@H](c2ccc(OCc3ccccc3)cc2)n2c1nc1ccccc12. The van der Waals surface area contributed by atoms with Crippen LogP contribution in [0.1, 0.15) is 43.9 Å². The summed E-state index contributed by atoms with van der Waals surface area (Å²) in [6.07, 6.45) is 1.73. The number of carbonyl (C=O) groups is 2. The third-order valence-electron chi connectivity index (χ3n) is 6.69. The summed E-state index contributed by atoms with van der Waals surface area (Å²) in [5.74, 6) is -0.536. The maximum atomic E-state index is 13.8. The predicted molar refractivity (Wildman–Crippen MR) is 142 cm³/mol. The Morgan fingerprint density at radius 2 is 1.68 bits per heavy atom. The standard InChI is InChI=1S/C30H31N3O4/c1-3-5-19-32-28(34)26(29(35)36-4-2)27(33-25-14-10-9-13-24(25)31-30(32)33)22-15-17-23(18-16-22)37-20-21-11-7-6-8-12-21/h6-18,26-27H,3-5,19-20H2,1-2H3/t26-,27-/m0/s1. The lowest BCUT2D eigenvalue weighted by molar-refractivity contribution is -0.153. The molecule has 1 amide bonds. The van der Waals surface area contributed by atoms with Crippen LogP contribution in [0.3, 0.4) is 0 Å². The summed E-state index contributed by atoms with van der Waals surface area (Å²) < 4.78 is 13.4. The first-order chi connectivity index (χ1) is 18.1. The third-order valence-corrected chi connectivity index (χ3v) is 6.69. The molecule has 0 spiro atoms. The number of amides is 1. The zero-order valence-corrected chi connectivity index (χ0v) is 21.2. The van der Waals surface area contributed by atoms with Crippen molar-refractivity contribution in [2.75, 3.05) is 18.1 Å². The van der Waals surface area contributed by atoms with Gasteiger partial charge in [0.1, 0.15) is 12.4 Å². The smallest absolute Gasteiger partial charge is 0.321 e. The van der Waals surface area contributed by atoms with Gasteiger partial charge in [0.25, 0.3) is 0 Å². The zero-order valence-electron chi connectivity index (χ0n) is 21.2. The summed E-state index contributed by atoms with van der Waals surface area (Å²) in [4.78, 5) is 33.6. The number of anilines is 1. The van der Waals surface area contributed by atoms with E-state index < -0.39 is 17.9 Å². The number of esters is 1. The Morgan fingerprint density at radius 1 is 0.946 bits per heavy atom. The molecule has 4 aromatic rings. The Kier molecular flexibility index (Phi) is 7.21. The Morgan fingerprint density at radius 3 is 2.41 bits per heavy atom. The second-order valence-corrected chi connectivity index (χ2v) is 9.13. The number of nitrogens with zero attached hydrogens (tertiary/aromatic N) is 3. The molecule has 37 heavy (non-hydrogen) atoms. The lowest BCUT2D eigenvalue weighted by atomic mass is 9.89. The first-order valence-electron chi connectivity index (χ1n) is 12.8. The van der Waals surface area contributed by atoms with E-state index in [-0.39, 0.29) is 12.5 Å². The number of unbranched alkanes of at least 4 members (excludes halogenated alkanes) is 1. The fourth-order valence-electron chi connectivity index (χ4n) is 4.88. The summed E-state index contributed by atoms with van der Waals surface area (Å²) in [5.41, 5.74) is 3.55. The summed E-state index contributed by atoms with van der Waals surface area (Å²) in [7, 11) is 0. The van der Waals surface area contributed by atoms with E-state index in [1.807, 2.05) is 83.4 Å². The van der Waals surface area contributed by atoms with Crippen LogP contribution in [0.15, 0.2) is 78.9 Å². The molecule has 0 radical (unpaired) electrons. The number of fused-ring (bicyclic) bond motifs is 3. The number of imidazole rings is 1. The average molecular weight is 498 g/mol. The first-order valence-corrected chi connectivity index (χ1v) is 12.8. The molecular weight excluding hydrogens is 466 g/mol. The van der Waals surface area contributed by atoms with Crippen LogP contribution in [0, 0.1) is 5.92 Å². The molecule has 0 fully saturated rings. The van der Waals surface area contributed by atoms with Crippen molar-refractivity contribution in [3.63, 3.8) is 0 Å². The van der Waals surface area contributed by atoms with Gasteiger partial charge >= 0.3 is 5.97 Å². The van der Waals surface area contributed by atoms with Gasteiger partial charge in [-0.3, -0.25) is 14.5 Å². The minimum atomic E-state index is -1.02. The highest BCUT2D eigenvalue weighted by Crippen LogP contribution is 2.41. The fraction of sp³-hybridized carbons (Fsp3) is 0.300. The van der Waals surface area contributed by atoms with Crippen molar-refractivity contribution in [3.8, 4) is 5.75 Å². The van der Waals surface area contributed by atoms with Crippen LogP contribution >= 0.6 is 0 Å². The lowest BCUT2D eigenvalue weighted by Gasteiger charge is -2.38.